The SMILES string of the molecule is Cc1ccccc1C1CC(Nc2ccccc2CO)C1. The fourth-order valence-corrected chi connectivity index (χ4v) is 3.05. The summed E-state index contributed by atoms with van der Waals surface area (Å²) >= 11 is 0. The maximum Gasteiger partial charge on any atom is 0.0701 e. The minimum Gasteiger partial charge on any atom is -0.392 e. The lowest BCUT2D eigenvalue weighted by atomic mass is 9.74. The van der Waals surface area contributed by atoms with Crippen LogP contribution in [0.2, 0.25) is 0 Å². The maximum atomic E-state index is 9.35. The van der Waals surface area contributed by atoms with E-state index >= 15 is 0 Å². The molecule has 3 rings (SSSR count). The summed E-state index contributed by atoms with van der Waals surface area (Å²) in [6, 6.07) is 17.2. The van der Waals surface area contributed by atoms with E-state index in [0.29, 0.717) is 12.0 Å². The van der Waals surface area contributed by atoms with Crippen molar-refractivity contribution in [2.45, 2.75) is 38.3 Å². The molecule has 0 spiro atoms. The first kappa shape index (κ1) is 13.2. The van der Waals surface area contributed by atoms with Gasteiger partial charge in [0.1, 0.15) is 0 Å². The number of hydrogen-bond donors (Lipinski definition) is 2. The van der Waals surface area contributed by atoms with Gasteiger partial charge < -0.3 is 10.4 Å². The van der Waals surface area contributed by atoms with Crippen LogP contribution in [0.5, 0.6) is 0 Å². The highest BCUT2D eigenvalue weighted by molar-refractivity contribution is 5.52. The van der Waals surface area contributed by atoms with Gasteiger partial charge in [0, 0.05) is 17.3 Å². The number of aryl methyl sites for hydroxylation is 1. The highest BCUT2D eigenvalue weighted by Crippen LogP contribution is 2.40. The Balaban J connectivity index is 1.63. The summed E-state index contributed by atoms with van der Waals surface area (Å²) in [5.74, 6) is 0.676. The van der Waals surface area contributed by atoms with Crippen LogP contribution in [-0.2, 0) is 6.61 Å². The molecule has 0 unspecified atom stereocenters. The number of nitrogens with one attached hydrogen (secondary N) is 1. The van der Waals surface area contributed by atoms with Gasteiger partial charge >= 0.3 is 0 Å². The molecule has 0 bridgehead atoms. The van der Waals surface area contributed by atoms with Crippen molar-refractivity contribution in [3.05, 3.63) is 65.2 Å². The lowest BCUT2D eigenvalue weighted by Gasteiger charge is -2.38. The van der Waals surface area contributed by atoms with E-state index in [1.54, 1.807) is 0 Å². The van der Waals surface area contributed by atoms with E-state index in [2.05, 4.69) is 36.5 Å². The molecule has 20 heavy (non-hydrogen) atoms. The van der Waals surface area contributed by atoms with Gasteiger partial charge in [-0.05, 0) is 42.9 Å². The van der Waals surface area contributed by atoms with Crippen LogP contribution in [0, 0.1) is 6.92 Å². The van der Waals surface area contributed by atoms with E-state index < -0.39 is 0 Å². The molecule has 2 heteroatoms. The molecule has 0 heterocycles. The van der Waals surface area contributed by atoms with Crippen LogP contribution in [-0.4, -0.2) is 11.1 Å². The first-order chi connectivity index (χ1) is 9.78. The Morgan fingerprint density at radius 2 is 1.75 bits per heavy atom. The van der Waals surface area contributed by atoms with Crippen molar-refractivity contribution >= 4 is 5.69 Å². The van der Waals surface area contributed by atoms with Gasteiger partial charge in [0.05, 0.1) is 6.61 Å². The monoisotopic (exact) mass is 267 g/mol. The highest BCUT2D eigenvalue weighted by Gasteiger charge is 2.31. The van der Waals surface area contributed by atoms with E-state index in [-0.39, 0.29) is 6.61 Å². The summed E-state index contributed by atoms with van der Waals surface area (Å²) < 4.78 is 0. The molecule has 1 fully saturated rings. The zero-order valence-electron chi connectivity index (χ0n) is 11.8. The Morgan fingerprint density at radius 1 is 1.05 bits per heavy atom. The summed E-state index contributed by atoms with van der Waals surface area (Å²) in [6.07, 6.45) is 2.34. The van der Waals surface area contributed by atoms with Crippen molar-refractivity contribution < 1.29 is 5.11 Å². The summed E-state index contributed by atoms with van der Waals surface area (Å²) in [5, 5.41) is 12.9. The van der Waals surface area contributed by atoms with Gasteiger partial charge in [0.2, 0.25) is 0 Å². The minimum absolute atomic E-state index is 0.0944. The normalized spacial score (nSPS) is 21.3. The molecule has 1 aliphatic rings. The molecule has 2 aromatic rings. The van der Waals surface area contributed by atoms with Gasteiger partial charge in [-0.25, -0.2) is 0 Å². The number of aliphatic hydroxyl groups is 1. The molecule has 1 saturated carbocycles. The maximum absolute atomic E-state index is 9.35. The molecular formula is C18H21NO. The van der Waals surface area contributed by atoms with Crippen LogP contribution in [0.3, 0.4) is 0 Å². The Kier molecular flexibility index (Phi) is 3.75. The minimum atomic E-state index is 0.0944. The number of aliphatic hydroxyl groups excluding tert-OH is 1. The predicted octanol–water partition coefficient (Wildman–Crippen LogP) is 3.85. The fraction of sp³-hybridized carbons (Fsp3) is 0.333. The average molecular weight is 267 g/mol. The first-order valence-corrected chi connectivity index (χ1v) is 7.28. The Morgan fingerprint density at radius 3 is 2.50 bits per heavy atom. The Labute approximate surface area is 120 Å². The lowest BCUT2D eigenvalue weighted by molar-refractivity contribution is 0.282. The second-order valence-corrected chi connectivity index (χ2v) is 5.68. The molecule has 1 aliphatic carbocycles. The molecule has 0 saturated heterocycles. The topological polar surface area (TPSA) is 32.3 Å². The number of para-hydroxylation sites is 1. The Hall–Kier alpha value is -1.80. The van der Waals surface area contributed by atoms with E-state index in [0.717, 1.165) is 11.3 Å². The van der Waals surface area contributed by atoms with Crippen LogP contribution in [0.4, 0.5) is 5.69 Å². The van der Waals surface area contributed by atoms with Gasteiger partial charge in [-0.2, -0.15) is 0 Å². The molecule has 2 aromatic carbocycles. The standard InChI is InChI=1S/C18H21NO/c1-13-6-2-4-8-17(13)15-10-16(11-15)19-18-9-5-3-7-14(18)12-20/h2-9,15-16,19-20H,10-12H2,1H3. The van der Waals surface area contributed by atoms with Crippen LogP contribution in [0.1, 0.15) is 35.4 Å². The first-order valence-electron chi connectivity index (χ1n) is 7.28. The quantitative estimate of drug-likeness (QED) is 0.882. The van der Waals surface area contributed by atoms with Crippen molar-refractivity contribution in [3.63, 3.8) is 0 Å². The van der Waals surface area contributed by atoms with Gasteiger partial charge in [-0.1, -0.05) is 42.5 Å². The molecule has 0 amide bonds. The van der Waals surface area contributed by atoms with Crippen molar-refractivity contribution in [1.82, 2.24) is 0 Å². The van der Waals surface area contributed by atoms with Gasteiger partial charge in [0.15, 0.2) is 0 Å². The van der Waals surface area contributed by atoms with Crippen LogP contribution in [0.25, 0.3) is 0 Å². The third kappa shape index (κ3) is 2.56. The van der Waals surface area contributed by atoms with Crippen molar-refractivity contribution in [2.24, 2.45) is 0 Å². The second-order valence-electron chi connectivity index (χ2n) is 5.68. The largest absolute Gasteiger partial charge is 0.392 e. The van der Waals surface area contributed by atoms with Crippen molar-refractivity contribution in [3.8, 4) is 0 Å². The molecule has 104 valence electrons. The van der Waals surface area contributed by atoms with Crippen LogP contribution >= 0.6 is 0 Å². The smallest absolute Gasteiger partial charge is 0.0701 e. The van der Waals surface area contributed by atoms with E-state index in [9.17, 15) is 5.11 Å². The van der Waals surface area contributed by atoms with Crippen LogP contribution in [0.15, 0.2) is 48.5 Å². The zero-order valence-corrected chi connectivity index (χ0v) is 11.8. The number of anilines is 1. The van der Waals surface area contributed by atoms with E-state index in [1.165, 1.54) is 24.0 Å². The average Bonchev–Trinajstić information content (AvgIpc) is 2.44. The van der Waals surface area contributed by atoms with Crippen molar-refractivity contribution in [2.75, 3.05) is 5.32 Å². The molecule has 0 radical (unpaired) electrons. The molecule has 0 aliphatic heterocycles. The van der Waals surface area contributed by atoms with Gasteiger partial charge in [-0.3, -0.25) is 0 Å². The fourth-order valence-electron chi connectivity index (χ4n) is 3.05. The number of benzene rings is 2. The lowest BCUT2D eigenvalue weighted by Crippen LogP contribution is -2.34. The number of rotatable bonds is 4. The summed E-state index contributed by atoms with van der Waals surface area (Å²) in [4.78, 5) is 0. The van der Waals surface area contributed by atoms with E-state index in [1.807, 2.05) is 24.3 Å². The molecule has 0 atom stereocenters. The molecule has 2 nitrogen and oxygen atoms in total. The zero-order chi connectivity index (χ0) is 13.9. The van der Waals surface area contributed by atoms with Crippen molar-refractivity contribution in [1.29, 1.82) is 0 Å². The van der Waals surface area contributed by atoms with Gasteiger partial charge in [0.25, 0.3) is 0 Å². The van der Waals surface area contributed by atoms with Crippen LogP contribution < -0.4 is 5.32 Å². The highest BCUT2D eigenvalue weighted by atomic mass is 16.3. The predicted molar refractivity (Wildman–Crippen MR) is 82.9 cm³/mol. The summed E-state index contributed by atoms with van der Waals surface area (Å²) in [5.41, 5.74) is 4.93. The molecule has 2 N–H and O–H groups in total. The second kappa shape index (κ2) is 5.68. The molecular weight excluding hydrogens is 246 g/mol. The summed E-state index contributed by atoms with van der Waals surface area (Å²) in [6.45, 7) is 2.29. The molecule has 0 aromatic heterocycles. The van der Waals surface area contributed by atoms with Gasteiger partial charge in [-0.15, -0.1) is 0 Å². The third-order valence-corrected chi connectivity index (χ3v) is 4.31. The van der Waals surface area contributed by atoms with E-state index in [4.69, 9.17) is 0 Å². The summed E-state index contributed by atoms with van der Waals surface area (Å²) in [7, 11) is 0. The Bertz CT molecular complexity index is 587. The number of hydrogen-bond acceptors (Lipinski definition) is 2. The third-order valence-electron chi connectivity index (χ3n) is 4.31.